The molecule has 4 nitrogen and oxygen atoms in total. The van der Waals surface area contributed by atoms with Gasteiger partial charge in [-0.3, -0.25) is 4.79 Å². The van der Waals surface area contributed by atoms with E-state index in [1.807, 2.05) is 12.1 Å². The van der Waals surface area contributed by atoms with Gasteiger partial charge < -0.3 is 9.74 Å². The normalized spacial score (nSPS) is 13.9. The Morgan fingerprint density at radius 3 is 2.38 bits per heavy atom. The van der Waals surface area contributed by atoms with Gasteiger partial charge in [-0.15, -0.1) is 0 Å². The third-order valence-corrected chi connectivity index (χ3v) is 8.56. The van der Waals surface area contributed by atoms with Gasteiger partial charge in [-0.2, -0.15) is 0 Å². The van der Waals surface area contributed by atoms with Crippen molar-refractivity contribution < 1.29 is 9.22 Å². The van der Waals surface area contributed by atoms with Gasteiger partial charge in [0.15, 0.2) is 8.32 Å². The Kier molecular flexibility index (Phi) is 5.70. The number of aromatic nitrogens is 1. The number of nitrogens with one attached hydrogen (secondary N) is 1. The van der Waals surface area contributed by atoms with Crippen LogP contribution in [0.1, 0.15) is 52.7 Å². The molecule has 0 saturated carbocycles. The van der Waals surface area contributed by atoms with Gasteiger partial charge in [0.05, 0.1) is 6.10 Å². The lowest BCUT2D eigenvalue weighted by atomic mass is 10.1. The summed E-state index contributed by atoms with van der Waals surface area (Å²) in [6, 6.07) is 3.81. The highest BCUT2D eigenvalue weighted by atomic mass is 28.4. The van der Waals surface area contributed by atoms with Crippen molar-refractivity contribution in [3.8, 4) is 0 Å². The van der Waals surface area contributed by atoms with Crippen LogP contribution >= 0.6 is 0 Å². The maximum Gasteiger partial charge on any atom is 0.222 e. The van der Waals surface area contributed by atoms with E-state index in [-0.39, 0.29) is 17.0 Å². The molecule has 21 heavy (non-hydrogen) atoms. The summed E-state index contributed by atoms with van der Waals surface area (Å²) >= 11 is 0. The van der Waals surface area contributed by atoms with Gasteiger partial charge in [0.2, 0.25) is 5.91 Å². The first-order chi connectivity index (χ1) is 9.56. The summed E-state index contributed by atoms with van der Waals surface area (Å²) in [7, 11) is -1.81. The minimum absolute atomic E-state index is 0.0600. The van der Waals surface area contributed by atoms with Gasteiger partial charge >= 0.3 is 0 Å². The SMILES string of the molecule is CCC(O[Si](C)(C)C(C)(C)C)c1ccc(NC(C)=O)nc1. The zero-order valence-corrected chi connectivity index (χ0v) is 15.3. The number of nitrogens with zero attached hydrogens (tertiary/aromatic N) is 1. The molecule has 0 aliphatic heterocycles. The Morgan fingerprint density at radius 1 is 1.38 bits per heavy atom. The lowest BCUT2D eigenvalue weighted by Gasteiger charge is -2.39. The first kappa shape index (κ1) is 17.8. The molecule has 0 aliphatic carbocycles. The highest BCUT2D eigenvalue weighted by molar-refractivity contribution is 6.74. The summed E-state index contributed by atoms with van der Waals surface area (Å²) in [5, 5.41) is 2.86. The monoisotopic (exact) mass is 308 g/mol. The smallest absolute Gasteiger partial charge is 0.222 e. The second-order valence-corrected chi connectivity index (χ2v) is 11.7. The van der Waals surface area contributed by atoms with Crippen LogP contribution in [0.2, 0.25) is 18.1 Å². The Labute approximate surface area is 129 Å². The molecule has 0 fully saturated rings. The van der Waals surface area contributed by atoms with Crippen LogP contribution in [0.4, 0.5) is 5.82 Å². The van der Waals surface area contributed by atoms with Crippen molar-refractivity contribution >= 4 is 20.0 Å². The minimum atomic E-state index is -1.81. The van der Waals surface area contributed by atoms with Crippen LogP contribution in [0, 0.1) is 0 Å². The molecule has 0 aromatic carbocycles. The summed E-state index contributed by atoms with van der Waals surface area (Å²) in [5.74, 6) is 0.466. The number of hydrogen-bond donors (Lipinski definition) is 1. The molecule has 1 unspecified atom stereocenters. The summed E-state index contributed by atoms with van der Waals surface area (Å²) in [5.41, 5.74) is 1.07. The molecule has 1 N–H and O–H groups in total. The van der Waals surface area contributed by atoms with Gasteiger partial charge in [0.25, 0.3) is 0 Å². The first-order valence-electron chi connectivity index (χ1n) is 7.48. The number of carbonyl (C=O) groups excluding carboxylic acids is 1. The molecular formula is C16H28N2O2Si. The summed E-state index contributed by atoms with van der Waals surface area (Å²) in [6.07, 6.45) is 2.77. The zero-order valence-electron chi connectivity index (χ0n) is 14.3. The summed E-state index contributed by atoms with van der Waals surface area (Å²) in [6.45, 7) is 14.8. The van der Waals surface area contributed by atoms with Gasteiger partial charge in [0, 0.05) is 13.1 Å². The van der Waals surface area contributed by atoms with Crippen molar-refractivity contribution in [3.05, 3.63) is 23.9 Å². The Balaban J connectivity index is 2.88. The maximum atomic E-state index is 11.0. The van der Waals surface area contributed by atoms with Crippen molar-refractivity contribution in [1.82, 2.24) is 4.98 Å². The fourth-order valence-electron chi connectivity index (χ4n) is 1.77. The zero-order chi connectivity index (χ0) is 16.3. The second kappa shape index (κ2) is 6.71. The van der Waals surface area contributed by atoms with Crippen LogP contribution in [-0.2, 0) is 9.22 Å². The van der Waals surface area contributed by atoms with E-state index in [1.165, 1.54) is 6.92 Å². The lowest BCUT2D eigenvalue weighted by Crippen LogP contribution is -2.41. The van der Waals surface area contributed by atoms with Crippen molar-refractivity contribution in [1.29, 1.82) is 0 Å². The van der Waals surface area contributed by atoms with Crippen LogP contribution in [0.25, 0.3) is 0 Å². The molecule has 1 atom stereocenters. The molecule has 0 radical (unpaired) electrons. The molecular weight excluding hydrogens is 280 g/mol. The van der Waals surface area contributed by atoms with E-state index in [0.29, 0.717) is 5.82 Å². The van der Waals surface area contributed by atoms with Crippen molar-refractivity contribution in [2.24, 2.45) is 0 Å². The van der Waals surface area contributed by atoms with Crippen molar-refractivity contribution in [3.63, 3.8) is 0 Å². The van der Waals surface area contributed by atoms with Crippen LogP contribution in [0.15, 0.2) is 18.3 Å². The number of hydrogen-bond acceptors (Lipinski definition) is 3. The van der Waals surface area contributed by atoms with Crippen LogP contribution in [0.5, 0.6) is 0 Å². The van der Waals surface area contributed by atoms with E-state index in [1.54, 1.807) is 6.20 Å². The fourth-order valence-corrected chi connectivity index (χ4v) is 3.14. The molecule has 1 heterocycles. The van der Waals surface area contributed by atoms with Crippen LogP contribution in [-0.4, -0.2) is 19.2 Å². The maximum absolute atomic E-state index is 11.0. The van der Waals surface area contributed by atoms with E-state index in [4.69, 9.17) is 4.43 Å². The summed E-state index contributed by atoms with van der Waals surface area (Å²) in [4.78, 5) is 15.3. The van der Waals surface area contributed by atoms with E-state index >= 15 is 0 Å². The van der Waals surface area contributed by atoms with Gasteiger partial charge in [-0.05, 0) is 36.2 Å². The van der Waals surface area contributed by atoms with Gasteiger partial charge in [-0.1, -0.05) is 33.8 Å². The molecule has 0 spiro atoms. The minimum Gasteiger partial charge on any atom is -0.410 e. The predicted octanol–water partition coefficient (Wildman–Crippen LogP) is 4.51. The van der Waals surface area contributed by atoms with Crippen LogP contribution in [0.3, 0.4) is 0 Å². The van der Waals surface area contributed by atoms with Gasteiger partial charge in [0.1, 0.15) is 5.82 Å². The molecule has 1 aromatic rings. The first-order valence-corrected chi connectivity index (χ1v) is 10.4. The number of carbonyl (C=O) groups is 1. The number of amides is 1. The van der Waals surface area contributed by atoms with E-state index < -0.39 is 8.32 Å². The molecule has 5 heteroatoms. The molecule has 0 aliphatic rings. The molecule has 0 saturated heterocycles. The molecule has 1 amide bonds. The Hall–Kier alpha value is -1.20. The molecule has 1 rings (SSSR count). The van der Waals surface area contributed by atoms with E-state index in [9.17, 15) is 4.79 Å². The predicted molar refractivity (Wildman–Crippen MR) is 89.9 cm³/mol. The second-order valence-electron chi connectivity index (χ2n) is 6.93. The van der Waals surface area contributed by atoms with Crippen LogP contribution < -0.4 is 5.32 Å². The largest absolute Gasteiger partial charge is 0.410 e. The van der Waals surface area contributed by atoms with Gasteiger partial charge in [-0.25, -0.2) is 4.98 Å². The average molecular weight is 308 g/mol. The average Bonchev–Trinajstić information content (AvgIpc) is 2.35. The number of anilines is 1. The topological polar surface area (TPSA) is 51.2 Å². The quantitative estimate of drug-likeness (QED) is 0.814. The van der Waals surface area contributed by atoms with Crippen molar-refractivity contribution in [2.75, 3.05) is 5.32 Å². The Morgan fingerprint density at radius 2 is 2.00 bits per heavy atom. The standard InChI is InChI=1S/C16H28N2O2Si/c1-8-14(20-21(6,7)16(3,4)5)13-9-10-15(17-11-13)18-12(2)19/h9-11,14H,8H2,1-7H3,(H,17,18,19). The Bertz CT molecular complexity index is 478. The summed E-state index contributed by atoms with van der Waals surface area (Å²) < 4.78 is 6.47. The highest BCUT2D eigenvalue weighted by Gasteiger charge is 2.39. The molecule has 1 aromatic heterocycles. The third kappa shape index (κ3) is 4.93. The van der Waals surface area contributed by atoms with Crippen molar-refractivity contribution in [2.45, 2.75) is 65.3 Å². The number of pyridine rings is 1. The molecule has 0 bridgehead atoms. The van der Waals surface area contributed by atoms with E-state index in [2.05, 4.69) is 51.1 Å². The highest BCUT2D eigenvalue weighted by Crippen LogP contribution is 2.40. The fraction of sp³-hybridized carbons (Fsp3) is 0.625. The number of rotatable bonds is 5. The lowest BCUT2D eigenvalue weighted by molar-refractivity contribution is -0.114. The molecule has 118 valence electrons. The third-order valence-electron chi connectivity index (χ3n) is 4.08. The van der Waals surface area contributed by atoms with E-state index in [0.717, 1.165) is 12.0 Å².